The summed E-state index contributed by atoms with van der Waals surface area (Å²) in [6.07, 6.45) is 9.73. The zero-order valence-electron chi connectivity index (χ0n) is 11.2. The summed E-state index contributed by atoms with van der Waals surface area (Å²) in [7, 11) is 0. The predicted octanol–water partition coefficient (Wildman–Crippen LogP) is 2.82. The smallest absolute Gasteiger partial charge is 0.253 e. The van der Waals surface area contributed by atoms with Crippen molar-refractivity contribution in [3.05, 3.63) is 48.4 Å². The lowest BCUT2D eigenvalue weighted by atomic mass is 10.1. The molecule has 1 fully saturated rings. The fourth-order valence-electron chi connectivity index (χ4n) is 2.55. The highest BCUT2D eigenvalue weighted by atomic mass is 16.1. The van der Waals surface area contributed by atoms with Crippen LogP contribution in [-0.2, 0) is 0 Å². The second kappa shape index (κ2) is 5.82. The van der Waals surface area contributed by atoms with Gasteiger partial charge in [-0.3, -0.25) is 14.8 Å². The van der Waals surface area contributed by atoms with Crippen LogP contribution in [0.5, 0.6) is 0 Å². The van der Waals surface area contributed by atoms with Crippen molar-refractivity contribution in [3.63, 3.8) is 0 Å². The first-order chi connectivity index (χ1) is 9.83. The number of hydrogen-bond donors (Lipinski definition) is 1. The van der Waals surface area contributed by atoms with Gasteiger partial charge >= 0.3 is 0 Å². The van der Waals surface area contributed by atoms with Gasteiger partial charge in [0.1, 0.15) is 0 Å². The van der Waals surface area contributed by atoms with E-state index in [1.54, 1.807) is 18.6 Å². The summed E-state index contributed by atoms with van der Waals surface area (Å²) in [5.74, 6) is -0.0258. The van der Waals surface area contributed by atoms with Crippen LogP contribution in [0.2, 0.25) is 0 Å². The van der Waals surface area contributed by atoms with Crippen LogP contribution in [0, 0.1) is 0 Å². The van der Waals surface area contributed by atoms with E-state index in [0.717, 1.165) is 24.1 Å². The van der Waals surface area contributed by atoms with Crippen molar-refractivity contribution in [1.29, 1.82) is 0 Å². The third kappa shape index (κ3) is 2.85. The van der Waals surface area contributed by atoms with Crippen molar-refractivity contribution in [2.24, 2.45) is 0 Å². The summed E-state index contributed by atoms with van der Waals surface area (Å²) in [5, 5.41) is 3.06. The minimum Gasteiger partial charge on any atom is -0.349 e. The molecule has 0 aliphatic heterocycles. The van der Waals surface area contributed by atoms with Crippen molar-refractivity contribution in [1.82, 2.24) is 15.3 Å². The zero-order valence-corrected chi connectivity index (χ0v) is 11.2. The molecule has 3 rings (SSSR count). The van der Waals surface area contributed by atoms with Gasteiger partial charge in [-0.1, -0.05) is 12.8 Å². The van der Waals surface area contributed by atoms with E-state index >= 15 is 0 Å². The molecule has 1 saturated carbocycles. The Bertz CT molecular complexity index is 574. The van der Waals surface area contributed by atoms with E-state index in [9.17, 15) is 4.79 Å². The minimum atomic E-state index is -0.0258. The molecule has 2 aromatic rings. The molecule has 0 bridgehead atoms. The van der Waals surface area contributed by atoms with Gasteiger partial charge in [-0.15, -0.1) is 0 Å². The Morgan fingerprint density at radius 1 is 1.15 bits per heavy atom. The van der Waals surface area contributed by atoms with Crippen LogP contribution >= 0.6 is 0 Å². The fourth-order valence-corrected chi connectivity index (χ4v) is 2.55. The number of carbonyl (C=O) groups is 1. The lowest BCUT2D eigenvalue weighted by molar-refractivity contribution is 0.0937. The molecule has 0 saturated heterocycles. The summed E-state index contributed by atoms with van der Waals surface area (Å²) in [6.45, 7) is 0. The maximum absolute atomic E-state index is 12.1. The summed E-state index contributed by atoms with van der Waals surface area (Å²) in [4.78, 5) is 20.5. The van der Waals surface area contributed by atoms with Gasteiger partial charge in [-0.2, -0.15) is 0 Å². The standard InChI is InChI=1S/C16H17N3O/c20-16(19-14-5-1-2-6-14)13-7-8-15(18-11-13)12-4-3-9-17-10-12/h3-4,7-11,14H,1-2,5-6H2,(H,19,20). The second-order valence-electron chi connectivity index (χ2n) is 5.13. The summed E-state index contributed by atoms with van der Waals surface area (Å²) < 4.78 is 0. The van der Waals surface area contributed by atoms with Crippen molar-refractivity contribution in [2.75, 3.05) is 0 Å². The normalized spacial score (nSPS) is 15.2. The van der Waals surface area contributed by atoms with Gasteiger partial charge in [0.15, 0.2) is 0 Å². The molecule has 1 amide bonds. The van der Waals surface area contributed by atoms with Crippen LogP contribution in [0.4, 0.5) is 0 Å². The van der Waals surface area contributed by atoms with E-state index in [1.807, 2.05) is 24.3 Å². The third-order valence-corrected chi connectivity index (χ3v) is 3.67. The average Bonchev–Trinajstić information content (AvgIpc) is 3.01. The Morgan fingerprint density at radius 3 is 2.65 bits per heavy atom. The third-order valence-electron chi connectivity index (χ3n) is 3.67. The first-order valence-corrected chi connectivity index (χ1v) is 7.00. The molecule has 4 nitrogen and oxygen atoms in total. The molecule has 0 unspecified atom stereocenters. The van der Waals surface area contributed by atoms with E-state index in [4.69, 9.17) is 0 Å². The first-order valence-electron chi connectivity index (χ1n) is 7.00. The van der Waals surface area contributed by atoms with Gasteiger partial charge in [0.05, 0.1) is 11.3 Å². The average molecular weight is 267 g/mol. The van der Waals surface area contributed by atoms with Crippen LogP contribution in [0.25, 0.3) is 11.3 Å². The van der Waals surface area contributed by atoms with Gasteiger partial charge in [0.25, 0.3) is 5.91 Å². The SMILES string of the molecule is O=C(NC1CCCC1)c1ccc(-c2cccnc2)nc1. The Hall–Kier alpha value is -2.23. The largest absolute Gasteiger partial charge is 0.349 e. The van der Waals surface area contributed by atoms with E-state index < -0.39 is 0 Å². The van der Waals surface area contributed by atoms with Gasteiger partial charge in [0.2, 0.25) is 0 Å². The van der Waals surface area contributed by atoms with Crippen LogP contribution in [0.1, 0.15) is 36.0 Å². The van der Waals surface area contributed by atoms with Gasteiger partial charge in [-0.05, 0) is 37.1 Å². The van der Waals surface area contributed by atoms with Crippen LogP contribution in [0.3, 0.4) is 0 Å². The molecule has 0 radical (unpaired) electrons. The highest BCUT2D eigenvalue weighted by molar-refractivity contribution is 5.94. The van der Waals surface area contributed by atoms with Crippen LogP contribution in [-0.4, -0.2) is 21.9 Å². The highest BCUT2D eigenvalue weighted by Gasteiger charge is 2.18. The number of amides is 1. The van der Waals surface area contributed by atoms with Crippen molar-refractivity contribution >= 4 is 5.91 Å². The summed E-state index contributed by atoms with van der Waals surface area (Å²) in [5.41, 5.74) is 2.40. The molecule has 1 N–H and O–H groups in total. The molecular formula is C16H17N3O. The first kappa shape index (κ1) is 12.8. The Balaban J connectivity index is 1.71. The molecule has 0 spiro atoms. The topological polar surface area (TPSA) is 54.9 Å². The lowest BCUT2D eigenvalue weighted by Gasteiger charge is -2.11. The predicted molar refractivity (Wildman–Crippen MR) is 77.2 cm³/mol. The Morgan fingerprint density at radius 2 is 2.00 bits per heavy atom. The highest BCUT2D eigenvalue weighted by Crippen LogP contribution is 2.19. The molecule has 2 heterocycles. The van der Waals surface area contributed by atoms with E-state index in [1.165, 1.54) is 12.8 Å². The summed E-state index contributed by atoms with van der Waals surface area (Å²) in [6, 6.07) is 7.84. The molecule has 4 heteroatoms. The molecule has 1 aliphatic rings. The van der Waals surface area contributed by atoms with E-state index in [0.29, 0.717) is 11.6 Å². The monoisotopic (exact) mass is 267 g/mol. The van der Waals surface area contributed by atoms with Gasteiger partial charge in [-0.25, -0.2) is 0 Å². The number of nitrogens with one attached hydrogen (secondary N) is 1. The van der Waals surface area contributed by atoms with Crippen molar-refractivity contribution in [2.45, 2.75) is 31.7 Å². The lowest BCUT2D eigenvalue weighted by Crippen LogP contribution is -2.32. The van der Waals surface area contributed by atoms with Gasteiger partial charge in [0, 0.05) is 30.2 Å². The molecule has 102 valence electrons. The number of pyridine rings is 2. The molecule has 20 heavy (non-hydrogen) atoms. The maximum Gasteiger partial charge on any atom is 0.253 e. The number of carbonyl (C=O) groups excluding carboxylic acids is 1. The number of aromatic nitrogens is 2. The fraction of sp³-hybridized carbons (Fsp3) is 0.312. The van der Waals surface area contributed by atoms with E-state index in [2.05, 4.69) is 15.3 Å². The number of nitrogens with zero attached hydrogens (tertiary/aromatic N) is 2. The van der Waals surface area contributed by atoms with Crippen LogP contribution < -0.4 is 5.32 Å². The second-order valence-corrected chi connectivity index (χ2v) is 5.13. The van der Waals surface area contributed by atoms with Crippen LogP contribution in [0.15, 0.2) is 42.9 Å². The molecule has 2 aromatic heterocycles. The van der Waals surface area contributed by atoms with Gasteiger partial charge < -0.3 is 5.32 Å². The molecule has 0 aromatic carbocycles. The number of rotatable bonds is 3. The molecular weight excluding hydrogens is 250 g/mol. The minimum absolute atomic E-state index is 0.0258. The quantitative estimate of drug-likeness (QED) is 0.930. The Labute approximate surface area is 118 Å². The van der Waals surface area contributed by atoms with Crippen molar-refractivity contribution in [3.8, 4) is 11.3 Å². The maximum atomic E-state index is 12.1. The van der Waals surface area contributed by atoms with Crippen molar-refractivity contribution < 1.29 is 4.79 Å². The molecule has 1 aliphatic carbocycles. The zero-order chi connectivity index (χ0) is 13.8. The summed E-state index contributed by atoms with van der Waals surface area (Å²) >= 11 is 0. The number of hydrogen-bond acceptors (Lipinski definition) is 3. The van der Waals surface area contributed by atoms with E-state index in [-0.39, 0.29) is 5.91 Å². The molecule has 0 atom stereocenters. The Kier molecular flexibility index (Phi) is 3.72.